The SMILES string of the molecule is Cc1cc[n+](CCC(=O)Nc2ccc(OCc3ccccc3)cc2)cc1.[Br-]. The number of carbonyl (C=O) groups excluding carboxylic acids is 1. The number of carbonyl (C=O) groups is 1. The lowest BCUT2D eigenvalue weighted by molar-refractivity contribution is -0.695. The number of rotatable bonds is 7. The average molecular weight is 427 g/mol. The van der Waals surface area contributed by atoms with Crippen molar-refractivity contribution in [1.82, 2.24) is 0 Å². The number of halogens is 1. The monoisotopic (exact) mass is 426 g/mol. The minimum Gasteiger partial charge on any atom is -1.00 e. The van der Waals surface area contributed by atoms with E-state index in [1.807, 2.05) is 90.6 Å². The molecule has 1 heterocycles. The number of nitrogens with one attached hydrogen (secondary N) is 1. The third kappa shape index (κ3) is 6.87. The van der Waals surface area contributed by atoms with Crippen molar-refractivity contribution in [2.45, 2.75) is 26.5 Å². The maximum absolute atomic E-state index is 12.1. The molecule has 5 heteroatoms. The van der Waals surface area contributed by atoms with E-state index in [9.17, 15) is 4.79 Å². The third-order valence-corrected chi connectivity index (χ3v) is 4.04. The zero-order valence-electron chi connectivity index (χ0n) is 15.3. The number of anilines is 1. The van der Waals surface area contributed by atoms with Crippen LogP contribution in [-0.4, -0.2) is 5.91 Å². The number of pyridine rings is 1. The second-order valence-corrected chi connectivity index (χ2v) is 6.21. The fourth-order valence-electron chi connectivity index (χ4n) is 2.51. The van der Waals surface area contributed by atoms with Gasteiger partial charge in [0.25, 0.3) is 0 Å². The molecule has 0 atom stereocenters. The highest BCUT2D eigenvalue weighted by molar-refractivity contribution is 5.90. The molecule has 0 saturated heterocycles. The molecule has 0 aliphatic carbocycles. The first kappa shape index (κ1) is 20.6. The summed E-state index contributed by atoms with van der Waals surface area (Å²) in [4.78, 5) is 12.1. The van der Waals surface area contributed by atoms with Gasteiger partial charge in [-0.1, -0.05) is 30.3 Å². The smallest absolute Gasteiger partial charge is 0.230 e. The summed E-state index contributed by atoms with van der Waals surface area (Å²) in [5, 5.41) is 2.92. The zero-order chi connectivity index (χ0) is 18.2. The summed E-state index contributed by atoms with van der Waals surface area (Å²) in [6.45, 7) is 3.23. The Kier molecular flexibility index (Phi) is 8.01. The van der Waals surface area contributed by atoms with Gasteiger partial charge in [0.1, 0.15) is 12.4 Å². The standard InChI is InChI=1S/C22H22N2O2.BrH/c1-18-11-14-24(15-12-18)16-13-22(25)23-20-7-9-21(10-8-20)26-17-19-5-3-2-4-6-19;/h2-12,14-15H,13,16-17H2,1H3;1H. The molecule has 0 spiro atoms. The van der Waals surface area contributed by atoms with E-state index in [2.05, 4.69) is 5.32 Å². The first-order chi connectivity index (χ1) is 12.7. The fraction of sp³-hybridized carbons (Fsp3) is 0.182. The van der Waals surface area contributed by atoms with Crippen LogP contribution in [0.4, 0.5) is 5.69 Å². The predicted molar refractivity (Wildman–Crippen MR) is 102 cm³/mol. The zero-order valence-corrected chi connectivity index (χ0v) is 16.9. The molecule has 3 rings (SSSR count). The van der Waals surface area contributed by atoms with Crippen molar-refractivity contribution in [2.24, 2.45) is 0 Å². The van der Waals surface area contributed by atoms with Crippen molar-refractivity contribution in [1.29, 1.82) is 0 Å². The first-order valence-corrected chi connectivity index (χ1v) is 8.71. The highest BCUT2D eigenvalue weighted by Gasteiger charge is 2.07. The Morgan fingerprint density at radius 1 is 0.963 bits per heavy atom. The van der Waals surface area contributed by atoms with Gasteiger partial charge in [0, 0.05) is 17.8 Å². The highest BCUT2D eigenvalue weighted by Crippen LogP contribution is 2.17. The Bertz CT molecular complexity index is 834. The van der Waals surface area contributed by atoms with E-state index in [-0.39, 0.29) is 22.9 Å². The summed E-state index contributed by atoms with van der Waals surface area (Å²) in [6, 6.07) is 21.5. The number of aryl methyl sites for hydroxylation is 2. The molecular weight excluding hydrogens is 404 g/mol. The summed E-state index contributed by atoms with van der Waals surface area (Å²) in [5.74, 6) is 0.776. The second-order valence-electron chi connectivity index (χ2n) is 6.21. The summed E-state index contributed by atoms with van der Waals surface area (Å²) >= 11 is 0. The van der Waals surface area contributed by atoms with E-state index in [0.29, 0.717) is 19.6 Å². The predicted octanol–water partition coefficient (Wildman–Crippen LogP) is 0.894. The van der Waals surface area contributed by atoms with Gasteiger partial charge in [-0.15, -0.1) is 0 Å². The van der Waals surface area contributed by atoms with Gasteiger partial charge >= 0.3 is 0 Å². The molecule has 140 valence electrons. The normalized spacial score (nSPS) is 9.96. The topological polar surface area (TPSA) is 42.2 Å². The van der Waals surface area contributed by atoms with Crippen LogP contribution in [0.2, 0.25) is 0 Å². The van der Waals surface area contributed by atoms with Crippen LogP contribution in [0.5, 0.6) is 5.75 Å². The Morgan fingerprint density at radius 3 is 2.30 bits per heavy atom. The molecule has 2 aromatic carbocycles. The molecule has 1 amide bonds. The Balaban J connectivity index is 0.00000261. The lowest BCUT2D eigenvalue weighted by atomic mass is 10.2. The van der Waals surface area contributed by atoms with Crippen LogP contribution < -0.4 is 31.6 Å². The second kappa shape index (κ2) is 10.5. The van der Waals surface area contributed by atoms with Gasteiger partial charge in [-0.05, 0) is 42.3 Å². The first-order valence-electron chi connectivity index (χ1n) is 8.71. The average Bonchev–Trinajstić information content (AvgIpc) is 2.68. The molecule has 0 saturated carbocycles. The molecule has 0 bridgehead atoms. The molecule has 1 N–H and O–H groups in total. The number of amides is 1. The van der Waals surface area contributed by atoms with Crippen molar-refractivity contribution in [2.75, 3.05) is 5.32 Å². The Hall–Kier alpha value is -2.66. The highest BCUT2D eigenvalue weighted by atomic mass is 79.9. The van der Waals surface area contributed by atoms with Gasteiger partial charge in [0.15, 0.2) is 18.9 Å². The van der Waals surface area contributed by atoms with Crippen LogP contribution >= 0.6 is 0 Å². The molecule has 0 fully saturated rings. The minimum absolute atomic E-state index is 0. The van der Waals surface area contributed by atoms with Crippen molar-refractivity contribution in [3.63, 3.8) is 0 Å². The number of benzene rings is 2. The van der Waals surface area contributed by atoms with Gasteiger partial charge < -0.3 is 27.0 Å². The van der Waals surface area contributed by atoms with E-state index < -0.39 is 0 Å². The van der Waals surface area contributed by atoms with Gasteiger partial charge in [0.05, 0.1) is 6.42 Å². The number of nitrogens with zero attached hydrogens (tertiary/aromatic N) is 1. The summed E-state index contributed by atoms with van der Waals surface area (Å²) in [7, 11) is 0. The Labute approximate surface area is 170 Å². The molecule has 0 aliphatic rings. The number of aromatic nitrogens is 1. The maximum atomic E-state index is 12.1. The summed E-state index contributed by atoms with van der Waals surface area (Å²) < 4.78 is 7.76. The number of ether oxygens (including phenoxy) is 1. The molecule has 27 heavy (non-hydrogen) atoms. The van der Waals surface area contributed by atoms with E-state index in [0.717, 1.165) is 17.0 Å². The molecule has 0 unspecified atom stereocenters. The van der Waals surface area contributed by atoms with E-state index >= 15 is 0 Å². The van der Waals surface area contributed by atoms with Crippen LogP contribution in [0.3, 0.4) is 0 Å². The largest absolute Gasteiger partial charge is 1.00 e. The van der Waals surface area contributed by atoms with Gasteiger partial charge in [-0.3, -0.25) is 4.79 Å². The van der Waals surface area contributed by atoms with E-state index in [4.69, 9.17) is 4.74 Å². The molecule has 0 aliphatic heterocycles. The van der Waals surface area contributed by atoms with Gasteiger partial charge in [0.2, 0.25) is 5.91 Å². The molecule has 1 aromatic heterocycles. The molecule has 4 nitrogen and oxygen atoms in total. The molecule has 0 radical (unpaired) electrons. The van der Waals surface area contributed by atoms with Crippen LogP contribution in [0.1, 0.15) is 17.5 Å². The van der Waals surface area contributed by atoms with Crippen molar-refractivity contribution < 1.29 is 31.1 Å². The quantitative estimate of drug-likeness (QED) is 0.570. The summed E-state index contributed by atoms with van der Waals surface area (Å²) in [6.07, 6.45) is 4.41. The van der Waals surface area contributed by atoms with Crippen molar-refractivity contribution in [3.8, 4) is 5.75 Å². The van der Waals surface area contributed by atoms with Gasteiger partial charge in [-0.2, -0.15) is 0 Å². The number of hydrogen-bond acceptors (Lipinski definition) is 2. The minimum atomic E-state index is -0.00368. The maximum Gasteiger partial charge on any atom is 0.230 e. The van der Waals surface area contributed by atoms with Crippen molar-refractivity contribution >= 4 is 11.6 Å². The van der Waals surface area contributed by atoms with E-state index in [1.165, 1.54) is 5.56 Å². The summed E-state index contributed by atoms with van der Waals surface area (Å²) in [5.41, 5.74) is 3.11. The van der Waals surface area contributed by atoms with Crippen molar-refractivity contribution in [3.05, 3.63) is 90.3 Å². The van der Waals surface area contributed by atoms with Crippen LogP contribution in [0.15, 0.2) is 79.1 Å². The van der Waals surface area contributed by atoms with E-state index in [1.54, 1.807) is 0 Å². The lowest BCUT2D eigenvalue weighted by Gasteiger charge is -2.08. The fourth-order valence-corrected chi connectivity index (χ4v) is 2.51. The molecule has 3 aromatic rings. The third-order valence-electron chi connectivity index (χ3n) is 4.04. The van der Waals surface area contributed by atoms with Crippen LogP contribution in [0.25, 0.3) is 0 Å². The van der Waals surface area contributed by atoms with Crippen LogP contribution in [-0.2, 0) is 17.9 Å². The van der Waals surface area contributed by atoms with Crippen LogP contribution in [0, 0.1) is 6.92 Å². The van der Waals surface area contributed by atoms with Gasteiger partial charge in [-0.25, -0.2) is 4.57 Å². The lowest BCUT2D eigenvalue weighted by Crippen LogP contribution is -3.00. The number of hydrogen-bond donors (Lipinski definition) is 1. The Morgan fingerprint density at radius 2 is 1.63 bits per heavy atom. The molecular formula is C22H23BrN2O2.